The topological polar surface area (TPSA) is 58.6 Å². The molecular formula is C24H25ClN4O2. The van der Waals surface area contributed by atoms with E-state index in [1.54, 1.807) is 0 Å². The lowest BCUT2D eigenvalue weighted by molar-refractivity contribution is -0.130. The largest absolute Gasteiger partial charge is 0.494 e. The van der Waals surface area contributed by atoms with Gasteiger partial charge in [0.05, 0.1) is 23.7 Å². The molecule has 0 spiro atoms. The Labute approximate surface area is 187 Å². The molecule has 0 N–H and O–H groups in total. The van der Waals surface area contributed by atoms with Crippen LogP contribution in [0.5, 0.6) is 5.75 Å². The Bertz CT molecular complexity index is 1020. The summed E-state index contributed by atoms with van der Waals surface area (Å²) in [4.78, 5) is 16.8. The van der Waals surface area contributed by atoms with Crippen molar-refractivity contribution in [3.8, 4) is 17.0 Å². The molecule has 1 aromatic heterocycles. The van der Waals surface area contributed by atoms with Crippen LogP contribution in [-0.4, -0.2) is 53.8 Å². The molecule has 0 bridgehead atoms. The molecule has 2 aromatic carbocycles. The highest BCUT2D eigenvalue weighted by atomic mass is 35.5. The van der Waals surface area contributed by atoms with E-state index in [4.69, 9.17) is 16.3 Å². The molecule has 4 rings (SSSR count). The van der Waals surface area contributed by atoms with Crippen LogP contribution in [0, 0.1) is 0 Å². The second-order valence-electron chi connectivity index (χ2n) is 7.38. The van der Waals surface area contributed by atoms with Gasteiger partial charge in [-0.05, 0) is 42.8 Å². The molecule has 0 radical (unpaired) electrons. The number of aromatic nitrogens is 2. The lowest BCUT2D eigenvalue weighted by Crippen LogP contribution is -2.49. The van der Waals surface area contributed by atoms with Crippen molar-refractivity contribution in [3.05, 3.63) is 71.2 Å². The van der Waals surface area contributed by atoms with Gasteiger partial charge >= 0.3 is 0 Å². The van der Waals surface area contributed by atoms with Crippen molar-refractivity contribution in [1.29, 1.82) is 0 Å². The summed E-state index contributed by atoms with van der Waals surface area (Å²) in [7, 11) is 0. The first-order chi connectivity index (χ1) is 15.1. The zero-order chi connectivity index (χ0) is 21.6. The van der Waals surface area contributed by atoms with Crippen LogP contribution < -0.4 is 9.64 Å². The van der Waals surface area contributed by atoms with Gasteiger partial charge in [-0.3, -0.25) is 4.79 Å². The van der Waals surface area contributed by atoms with Crippen LogP contribution in [0.25, 0.3) is 11.3 Å². The second-order valence-corrected chi connectivity index (χ2v) is 7.79. The highest BCUT2D eigenvalue weighted by Crippen LogP contribution is 2.26. The summed E-state index contributed by atoms with van der Waals surface area (Å²) in [6.07, 6.45) is 0.402. The first kappa shape index (κ1) is 21.1. The number of piperazine rings is 1. The predicted molar refractivity (Wildman–Crippen MR) is 123 cm³/mol. The van der Waals surface area contributed by atoms with E-state index in [0.717, 1.165) is 41.5 Å². The number of benzene rings is 2. The minimum absolute atomic E-state index is 0.143. The Hall–Kier alpha value is -3.12. The van der Waals surface area contributed by atoms with Gasteiger partial charge < -0.3 is 14.5 Å². The summed E-state index contributed by atoms with van der Waals surface area (Å²) >= 11 is 6.25. The van der Waals surface area contributed by atoms with Gasteiger partial charge in [-0.15, -0.1) is 10.2 Å². The molecule has 1 aliphatic rings. The molecule has 1 saturated heterocycles. The molecule has 3 aromatic rings. The predicted octanol–water partition coefficient (Wildman–Crippen LogP) is 4.09. The number of rotatable bonds is 6. The van der Waals surface area contributed by atoms with Crippen LogP contribution in [0.3, 0.4) is 0 Å². The van der Waals surface area contributed by atoms with Crippen LogP contribution in [0.2, 0.25) is 5.02 Å². The van der Waals surface area contributed by atoms with Crippen molar-refractivity contribution in [2.24, 2.45) is 0 Å². The maximum atomic E-state index is 12.7. The number of hydrogen-bond donors (Lipinski definition) is 0. The van der Waals surface area contributed by atoms with Gasteiger partial charge in [-0.2, -0.15) is 0 Å². The number of hydrogen-bond acceptors (Lipinski definition) is 5. The number of carbonyl (C=O) groups excluding carboxylic acids is 1. The third-order valence-corrected chi connectivity index (χ3v) is 5.68. The van der Waals surface area contributed by atoms with Crippen molar-refractivity contribution in [1.82, 2.24) is 15.1 Å². The maximum Gasteiger partial charge on any atom is 0.227 e. The molecule has 160 valence electrons. The lowest BCUT2D eigenvalue weighted by atomic mass is 10.1. The molecule has 31 heavy (non-hydrogen) atoms. The third-order valence-electron chi connectivity index (χ3n) is 5.35. The Morgan fingerprint density at radius 1 is 0.968 bits per heavy atom. The third kappa shape index (κ3) is 5.14. The molecule has 1 amide bonds. The fraction of sp³-hybridized carbons (Fsp3) is 0.292. The fourth-order valence-electron chi connectivity index (χ4n) is 3.65. The highest BCUT2D eigenvalue weighted by molar-refractivity contribution is 6.33. The van der Waals surface area contributed by atoms with Crippen molar-refractivity contribution >= 4 is 23.3 Å². The number of carbonyl (C=O) groups is 1. The molecule has 1 aliphatic heterocycles. The van der Waals surface area contributed by atoms with Crippen molar-refractivity contribution in [3.63, 3.8) is 0 Å². The van der Waals surface area contributed by atoms with Crippen LogP contribution in [0.15, 0.2) is 60.7 Å². The molecule has 7 heteroatoms. The summed E-state index contributed by atoms with van der Waals surface area (Å²) in [5.41, 5.74) is 2.61. The van der Waals surface area contributed by atoms with E-state index in [-0.39, 0.29) is 5.91 Å². The lowest BCUT2D eigenvalue weighted by Gasteiger charge is -2.35. The van der Waals surface area contributed by atoms with Crippen LogP contribution in [-0.2, 0) is 11.2 Å². The number of nitrogens with zero attached hydrogens (tertiary/aromatic N) is 4. The van der Waals surface area contributed by atoms with E-state index in [0.29, 0.717) is 31.1 Å². The zero-order valence-electron chi connectivity index (χ0n) is 17.5. The summed E-state index contributed by atoms with van der Waals surface area (Å²) in [6, 6.07) is 19.2. The molecule has 1 fully saturated rings. The Morgan fingerprint density at radius 2 is 1.71 bits per heavy atom. The average Bonchev–Trinajstić information content (AvgIpc) is 2.81. The maximum absolute atomic E-state index is 12.7. The van der Waals surface area contributed by atoms with Gasteiger partial charge in [0, 0.05) is 31.7 Å². The molecule has 0 unspecified atom stereocenters. The zero-order valence-corrected chi connectivity index (χ0v) is 18.3. The van der Waals surface area contributed by atoms with Crippen molar-refractivity contribution < 1.29 is 9.53 Å². The molecule has 0 atom stereocenters. The number of anilines is 1. The molecule has 0 aliphatic carbocycles. The van der Waals surface area contributed by atoms with E-state index < -0.39 is 0 Å². The van der Waals surface area contributed by atoms with Crippen LogP contribution in [0.1, 0.15) is 12.5 Å². The van der Waals surface area contributed by atoms with Gasteiger partial charge in [-0.25, -0.2) is 0 Å². The minimum Gasteiger partial charge on any atom is -0.494 e. The van der Waals surface area contributed by atoms with Crippen molar-refractivity contribution in [2.75, 3.05) is 37.7 Å². The number of ether oxygens (including phenoxy) is 1. The van der Waals surface area contributed by atoms with Gasteiger partial charge in [0.15, 0.2) is 5.82 Å². The summed E-state index contributed by atoms with van der Waals surface area (Å²) in [6.45, 7) is 5.39. The minimum atomic E-state index is 0.143. The summed E-state index contributed by atoms with van der Waals surface area (Å²) in [5, 5.41) is 9.39. The molecular weight excluding hydrogens is 412 g/mol. The Kier molecular flexibility index (Phi) is 6.67. The number of halogens is 1. The SMILES string of the molecule is CCOc1ccc(CC(=O)N2CCN(c3ccc(-c4ccccc4Cl)nn3)CC2)cc1. The van der Waals surface area contributed by atoms with Gasteiger partial charge in [-0.1, -0.05) is 41.9 Å². The first-order valence-corrected chi connectivity index (χ1v) is 10.8. The summed E-state index contributed by atoms with van der Waals surface area (Å²) < 4.78 is 5.46. The van der Waals surface area contributed by atoms with E-state index in [1.807, 2.05) is 72.5 Å². The standard InChI is InChI=1S/C24H25ClN4O2/c1-2-31-19-9-7-18(8-10-19)17-24(30)29-15-13-28(14-16-29)23-12-11-22(26-27-23)20-5-3-4-6-21(20)25/h3-12H,2,13-17H2,1H3. The Balaban J connectivity index is 1.32. The normalized spacial score (nSPS) is 13.9. The second kappa shape index (κ2) is 9.79. The fourth-order valence-corrected chi connectivity index (χ4v) is 3.88. The monoisotopic (exact) mass is 436 g/mol. The van der Waals surface area contributed by atoms with Crippen LogP contribution in [0.4, 0.5) is 5.82 Å². The van der Waals surface area contributed by atoms with Crippen LogP contribution >= 0.6 is 11.6 Å². The van der Waals surface area contributed by atoms with Gasteiger partial charge in [0.25, 0.3) is 0 Å². The summed E-state index contributed by atoms with van der Waals surface area (Å²) in [5.74, 6) is 1.78. The molecule has 6 nitrogen and oxygen atoms in total. The van der Waals surface area contributed by atoms with E-state index in [2.05, 4.69) is 15.1 Å². The van der Waals surface area contributed by atoms with Gasteiger partial charge in [0.1, 0.15) is 5.75 Å². The van der Waals surface area contributed by atoms with Crippen molar-refractivity contribution in [2.45, 2.75) is 13.3 Å². The molecule has 0 saturated carbocycles. The van der Waals surface area contributed by atoms with E-state index >= 15 is 0 Å². The van der Waals surface area contributed by atoms with E-state index in [9.17, 15) is 4.79 Å². The van der Waals surface area contributed by atoms with Gasteiger partial charge in [0.2, 0.25) is 5.91 Å². The quantitative estimate of drug-likeness (QED) is 0.582. The molecule has 2 heterocycles. The number of amides is 1. The first-order valence-electron chi connectivity index (χ1n) is 10.5. The Morgan fingerprint density at radius 3 is 2.35 bits per heavy atom. The van der Waals surface area contributed by atoms with E-state index in [1.165, 1.54) is 0 Å². The smallest absolute Gasteiger partial charge is 0.227 e. The average molecular weight is 437 g/mol. The highest BCUT2D eigenvalue weighted by Gasteiger charge is 2.22.